The molecule has 1 aliphatic heterocycles. The number of thiophene rings is 1. The third-order valence-electron chi connectivity index (χ3n) is 5.58. The highest BCUT2D eigenvalue weighted by Gasteiger charge is 2.32. The number of hydrogen-bond donors (Lipinski definition) is 0. The minimum atomic E-state index is -0.257. The van der Waals surface area contributed by atoms with E-state index in [2.05, 4.69) is 40.8 Å². The zero-order valence-corrected chi connectivity index (χ0v) is 18.1. The van der Waals surface area contributed by atoms with Crippen molar-refractivity contribution in [1.82, 2.24) is 19.6 Å². The molecule has 30 heavy (non-hydrogen) atoms. The summed E-state index contributed by atoms with van der Waals surface area (Å²) in [6.45, 7) is 4.14. The molecule has 2 aromatic heterocycles. The van der Waals surface area contributed by atoms with Crippen LogP contribution in [0.3, 0.4) is 0 Å². The van der Waals surface area contributed by atoms with Crippen LogP contribution in [0.2, 0.25) is 0 Å². The van der Waals surface area contributed by atoms with Crippen molar-refractivity contribution in [3.8, 4) is 10.4 Å². The van der Waals surface area contributed by atoms with E-state index < -0.39 is 0 Å². The molecule has 1 aromatic carbocycles. The van der Waals surface area contributed by atoms with Gasteiger partial charge in [0.15, 0.2) is 0 Å². The minimum absolute atomic E-state index is 0.112. The molecule has 0 spiro atoms. The zero-order valence-electron chi connectivity index (χ0n) is 17.3. The number of amides is 2. The summed E-state index contributed by atoms with van der Waals surface area (Å²) in [5.74, 6) is -0.247. The molecule has 6 nitrogen and oxygen atoms in total. The maximum atomic E-state index is 13.1. The Balaban J connectivity index is 1.53. The van der Waals surface area contributed by atoms with Crippen LogP contribution in [0.25, 0.3) is 10.4 Å². The molecule has 0 aliphatic carbocycles. The SMILES string of the molecule is CCN1CCN(C(=O)c2ccn(C)n2)C[C@@H](Cc2ccc(-c3cccs3)cc2)C1=O. The van der Waals surface area contributed by atoms with Crippen molar-refractivity contribution >= 4 is 23.2 Å². The number of aryl methyl sites for hydroxylation is 1. The average Bonchev–Trinajstić information content (AvgIpc) is 3.41. The maximum Gasteiger partial charge on any atom is 0.274 e. The van der Waals surface area contributed by atoms with Crippen LogP contribution < -0.4 is 0 Å². The van der Waals surface area contributed by atoms with Gasteiger partial charge in [-0.3, -0.25) is 14.3 Å². The predicted octanol–water partition coefficient (Wildman–Crippen LogP) is 3.31. The third kappa shape index (κ3) is 4.31. The molecule has 1 atom stereocenters. The number of rotatable bonds is 5. The molecule has 1 fully saturated rings. The van der Waals surface area contributed by atoms with Crippen LogP contribution in [0.4, 0.5) is 0 Å². The number of likely N-dealkylation sites (N-methyl/N-ethyl adjacent to an activating group) is 1. The largest absolute Gasteiger partial charge is 0.341 e. The second kappa shape index (κ2) is 8.83. The van der Waals surface area contributed by atoms with Crippen LogP contribution in [0.1, 0.15) is 23.0 Å². The second-order valence-electron chi connectivity index (χ2n) is 7.62. The molecular weight excluding hydrogens is 396 g/mol. The molecule has 3 heterocycles. The quantitative estimate of drug-likeness (QED) is 0.634. The molecule has 0 N–H and O–H groups in total. The fraction of sp³-hybridized carbons (Fsp3) is 0.348. The van der Waals surface area contributed by atoms with Crippen LogP contribution in [-0.2, 0) is 18.3 Å². The van der Waals surface area contributed by atoms with Gasteiger partial charge in [0.25, 0.3) is 5.91 Å². The van der Waals surface area contributed by atoms with E-state index in [4.69, 9.17) is 0 Å². The summed E-state index contributed by atoms with van der Waals surface area (Å²) in [7, 11) is 1.80. The number of carbonyl (C=O) groups excluding carboxylic acids is 2. The van der Waals surface area contributed by atoms with Crippen molar-refractivity contribution in [2.75, 3.05) is 26.2 Å². The van der Waals surface area contributed by atoms with Crippen molar-refractivity contribution in [3.63, 3.8) is 0 Å². The summed E-state index contributed by atoms with van der Waals surface area (Å²) in [5.41, 5.74) is 2.72. The van der Waals surface area contributed by atoms with Gasteiger partial charge in [0, 0.05) is 44.3 Å². The van der Waals surface area contributed by atoms with Crippen molar-refractivity contribution < 1.29 is 9.59 Å². The Labute approximate surface area is 180 Å². The van der Waals surface area contributed by atoms with Crippen LogP contribution in [-0.4, -0.2) is 57.6 Å². The molecule has 3 aromatic rings. The summed E-state index contributed by atoms with van der Waals surface area (Å²) in [6.07, 6.45) is 2.38. The highest BCUT2D eigenvalue weighted by atomic mass is 32.1. The van der Waals surface area contributed by atoms with Gasteiger partial charge in [0.1, 0.15) is 5.69 Å². The Morgan fingerprint density at radius 1 is 1.17 bits per heavy atom. The van der Waals surface area contributed by atoms with Gasteiger partial charge >= 0.3 is 0 Å². The smallest absolute Gasteiger partial charge is 0.274 e. The zero-order chi connectivity index (χ0) is 21.1. The second-order valence-corrected chi connectivity index (χ2v) is 8.57. The summed E-state index contributed by atoms with van der Waals surface area (Å²) in [6, 6.07) is 14.3. The fourth-order valence-corrected chi connectivity index (χ4v) is 4.65. The van der Waals surface area contributed by atoms with Gasteiger partial charge in [-0.25, -0.2) is 0 Å². The molecule has 1 saturated heterocycles. The van der Waals surface area contributed by atoms with Crippen molar-refractivity contribution in [1.29, 1.82) is 0 Å². The van der Waals surface area contributed by atoms with E-state index in [1.165, 1.54) is 10.4 Å². The molecule has 156 valence electrons. The number of nitrogens with zero attached hydrogens (tertiary/aromatic N) is 4. The average molecular weight is 423 g/mol. The standard InChI is InChI=1S/C23H26N4O2S/c1-3-26-12-13-27(23(29)20-10-11-25(2)24-20)16-19(22(26)28)15-17-6-8-18(9-7-17)21-5-4-14-30-21/h4-11,14,19H,3,12-13,15-16H2,1-2H3/t19-/m1/s1. The fourth-order valence-electron chi connectivity index (χ4n) is 3.92. The number of aromatic nitrogens is 2. The van der Waals surface area contributed by atoms with E-state index in [1.807, 2.05) is 17.9 Å². The molecular formula is C23H26N4O2S. The minimum Gasteiger partial charge on any atom is -0.341 e. The lowest BCUT2D eigenvalue weighted by Gasteiger charge is -2.23. The Hall–Kier alpha value is -2.93. The molecule has 0 radical (unpaired) electrons. The van der Waals surface area contributed by atoms with E-state index in [-0.39, 0.29) is 17.7 Å². The number of carbonyl (C=O) groups is 2. The summed E-state index contributed by atoms with van der Waals surface area (Å²) < 4.78 is 1.63. The van der Waals surface area contributed by atoms with E-state index in [1.54, 1.807) is 40.2 Å². The van der Waals surface area contributed by atoms with Crippen LogP contribution in [0, 0.1) is 5.92 Å². The number of benzene rings is 1. The third-order valence-corrected chi connectivity index (χ3v) is 6.50. The van der Waals surface area contributed by atoms with Crippen molar-refractivity contribution in [2.24, 2.45) is 13.0 Å². The van der Waals surface area contributed by atoms with Crippen LogP contribution in [0.15, 0.2) is 54.0 Å². The van der Waals surface area contributed by atoms with Gasteiger partial charge in [0.05, 0.1) is 5.92 Å². The molecule has 4 rings (SSSR count). The first-order valence-corrected chi connectivity index (χ1v) is 11.1. The van der Waals surface area contributed by atoms with Gasteiger partial charge in [0.2, 0.25) is 5.91 Å². The molecule has 2 amide bonds. The lowest BCUT2D eigenvalue weighted by atomic mass is 9.96. The Morgan fingerprint density at radius 2 is 1.97 bits per heavy atom. The lowest BCUT2D eigenvalue weighted by molar-refractivity contribution is -0.134. The van der Waals surface area contributed by atoms with Crippen LogP contribution in [0.5, 0.6) is 0 Å². The topological polar surface area (TPSA) is 58.4 Å². The molecule has 0 bridgehead atoms. The van der Waals surface area contributed by atoms with Gasteiger partial charge in [-0.2, -0.15) is 5.10 Å². The van der Waals surface area contributed by atoms with E-state index in [9.17, 15) is 9.59 Å². The Bertz CT molecular complexity index is 1010. The van der Waals surface area contributed by atoms with Crippen LogP contribution >= 0.6 is 11.3 Å². The Morgan fingerprint density at radius 3 is 2.60 bits per heavy atom. The monoisotopic (exact) mass is 422 g/mol. The molecule has 7 heteroatoms. The maximum absolute atomic E-state index is 13.1. The highest BCUT2D eigenvalue weighted by molar-refractivity contribution is 7.13. The normalized spacial score (nSPS) is 17.3. The van der Waals surface area contributed by atoms with Gasteiger partial charge < -0.3 is 9.80 Å². The van der Waals surface area contributed by atoms with Crippen molar-refractivity contribution in [2.45, 2.75) is 13.3 Å². The molecule has 0 unspecified atom stereocenters. The molecule has 1 aliphatic rings. The van der Waals surface area contributed by atoms with E-state index in [0.29, 0.717) is 38.3 Å². The van der Waals surface area contributed by atoms with Gasteiger partial charge in [-0.05, 0) is 42.0 Å². The molecule has 0 saturated carbocycles. The predicted molar refractivity (Wildman–Crippen MR) is 118 cm³/mol. The summed E-state index contributed by atoms with van der Waals surface area (Å²) in [4.78, 5) is 30.9. The lowest BCUT2D eigenvalue weighted by Crippen LogP contribution is -2.38. The Kier molecular flexibility index (Phi) is 5.99. The summed E-state index contributed by atoms with van der Waals surface area (Å²) >= 11 is 1.71. The highest BCUT2D eigenvalue weighted by Crippen LogP contribution is 2.26. The number of hydrogen-bond acceptors (Lipinski definition) is 4. The first-order chi connectivity index (χ1) is 14.5. The first kappa shape index (κ1) is 20.3. The first-order valence-electron chi connectivity index (χ1n) is 10.3. The van der Waals surface area contributed by atoms with Gasteiger partial charge in [-0.15, -0.1) is 11.3 Å². The van der Waals surface area contributed by atoms with E-state index >= 15 is 0 Å². The van der Waals surface area contributed by atoms with E-state index in [0.717, 1.165) is 5.56 Å². The summed E-state index contributed by atoms with van der Waals surface area (Å²) in [5, 5.41) is 6.32. The van der Waals surface area contributed by atoms with Crippen molar-refractivity contribution in [3.05, 3.63) is 65.3 Å². The van der Waals surface area contributed by atoms with Gasteiger partial charge in [-0.1, -0.05) is 30.3 Å².